The summed E-state index contributed by atoms with van der Waals surface area (Å²) in [5.41, 5.74) is 0.179. The van der Waals surface area contributed by atoms with Gasteiger partial charge in [-0.05, 0) is 37.3 Å². The summed E-state index contributed by atoms with van der Waals surface area (Å²) in [6, 6.07) is 4.66. The lowest BCUT2D eigenvalue weighted by Crippen LogP contribution is -2.33. The zero-order valence-electron chi connectivity index (χ0n) is 16.6. The molecule has 1 unspecified atom stereocenters. The Morgan fingerprint density at radius 3 is 2.61 bits per heavy atom. The van der Waals surface area contributed by atoms with E-state index in [9.17, 15) is 18.5 Å². The summed E-state index contributed by atoms with van der Waals surface area (Å²) in [5, 5.41) is 14.7. The average molecular weight is 411 g/mol. The molecule has 1 saturated heterocycles. The minimum atomic E-state index is -3.70. The van der Waals surface area contributed by atoms with E-state index in [0.29, 0.717) is 12.6 Å². The highest BCUT2D eigenvalue weighted by molar-refractivity contribution is 7.89. The van der Waals surface area contributed by atoms with Crippen LogP contribution in [0.15, 0.2) is 23.1 Å². The molecule has 1 aliphatic heterocycles. The Balaban J connectivity index is 1.76. The van der Waals surface area contributed by atoms with Crippen LogP contribution in [0.4, 0.5) is 11.4 Å². The van der Waals surface area contributed by atoms with Crippen molar-refractivity contribution in [2.24, 2.45) is 5.92 Å². The number of nitro benzene ring substituents is 1. The lowest BCUT2D eigenvalue weighted by molar-refractivity contribution is -0.384. The largest absolute Gasteiger partial charge is 0.375 e. The molecule has 1 aromatic carbocycles. The molecule has 2 aliphatic rings. The van der Waals surface area contributed by atoms with Crippen molar-refractivity contribution >= 4 is 21.4 Å². The first kappa shape index (κ1) is 21.0. The fourth-order valence-electron chi connectivity index (χ4n) is 4.04. The predicted molar refractivity (Wildman–Crippen MR) is 109 cm³/mol. The maximum Gasteiger partial charge on any atom is 0.292 e. The molecule has 0 radical (unpaired) electrons. The smallest absolute Gasteiger partial charge is 0.292 e. The number of nitro groups is 1. The standard InChI is InChI=1S/C19H30N4O4S/c1-14(2)12-20-28(26,27)17-7-8-19(23(24)25)18(11-17)21-15-9-10-22(13-15)16-5-3-4-6-16/h7-8,11,14-16,20-21H,3-6,9-10,12-13H2,1-2H3. The van der Waals surface area contributed by atoms with Crippen LogP contribution in [-0.4, -0.2) is 50.0 Å². The topological polar surface area (TPSA) is 105 Å². The predicted octanol–water partition coefficient (Wildman–Crippen LogP) is 2.96. The molecule has 3 rings (SSSR count). The van der Waals surface area contributed by atoms with Crippen LogP contribution in [-0.2, 0) is 10.0 Å². The van der Waals surface area contributed by atoms with Crippen molar-refractivity contribution in [2.45, 2.75) is 62.9 Å². The Hall–Kier alpha value is -1.71. The molecule has 8 nitrogen and oxygen atoms in total. The van der Waals surface area contributed by atoms with Gasteiger partial charge in [0.2, 0.25) is 10.0 Å². The van der Waals surface area contributed by atoms with Crippen molar-refractivity contribution in [2.75, 3.05) is 25.0 Å². The summed E-state index contributed by atoms with van der Waals surface area (Å²) in [5.74, 6) is 0.172. The van der Waals surface area contributed by atoms with E-state index in [1.165, 1.54) is 43.9 Å². The Kier molecular flexibility index (Phi) is 6.57. The third-order valence-electron chi connectivity index (χ3n) is 5.58. The summed E-state index contributed by atoms with van der Waals surface area (Å²) in [7, 11) is -3.70. The second kappa shape index (κ2) is 8.75. The van der Waals surface area contributed by atoms with Gasteiger partial charge in [-0.15, -0.1) is 0 Å². The number of nitrogens with one attached hydrogen (secondary N) is 2. The van der Waals surface area contributed by atoms with E-state index in [2.05, 4.69) is 14.9 Å². The molecule has 0 spiro atoms. The van der Waals surface area contributed by atoms with Crippen LogP contribution in [0.1, 0.15) is 46.0 Å². The molecule has 0 bridgehead atoms. The van der Waals surface area contributed by atoms with E-state index in [1.54, 1.807) is 0 Å². The second-order valence-corrected chi connectivity index (χ2v) is 10.0. The molecule has 1 aliphatic carbocycles. The lowest BCUT2D eigenvalue weighted by Gasteiger charge is -2.23. The Morgan fingerprint density at radius 1 is 1.25 bits per heavy atom. The highest BCUT2D eigenvalue weighted by atomic mass is 32.2. The van der Waals surface area contributed by atoms with Gasteiger partial charge in [0.1, 0.15) is 5.69 Å². The number of benzene rings is 1. The maximum atomic E-state index is 12.5. The highest BCUT2D eigenvalue weighted by Crippen LogP contribution is 2.31. The van der Waals surface area contributed by atoms with Crippen LogP contribution in [0.2, 0.25) is 0 Å². The molecule has 156 valence electrons. The van der Waals surface area contributed by atoms with Gasteiger partial charge in [-0.1, -0.05) is 26.7 Å². The van der Waals surface area contributed by atoms with Crippen molar-refractivity contribution in [1.82, 2.24) is 9.62 Å². The molecule has 1 heterocycles. The molecule has 9 heteroatoms. The van der Waals surface area contributed by atoms with Gasteiger partial charge in [-0.25, -0.2) is 13.1 Å². The molecule has 0 amide bonds. The molecular formula is C19H30N4O4S. The van der Waals surface area contributed by atoms with Crippen molar-refractivity contribution in [3.63, 3.8) is 0 Å². The van der Waals surface area contributed by atoms with E-state index in [-0.39, 0.29) is 28.2 Å². The number of anilines is 1. The molecule has 1 atom stereocenters. The van der Waals surface area contributed by atoms with Crippen molar-refractivity contribution in [3.05, 3.63) is 28.3 Å². The normalized spacial score (nSPS) is 21.5. The molecule has 1 saturated carbocycles. The molecule has 28 heavy (non-hydrogen) atoms. The van der Waals surface area contributed by atoms with E-state index in [1.807, 2.05) is 13.8 Å². The number of sulfonamides is 1. The highest BCUT2D eigenvalue weighted by Gasteiger charge is 2.31. The van der Waals surface area contributed by atoms with Crippen LogP contribution in [0.3, 0.4) is 0 Å². The summed E-state index contributed by atoms with van der Waals surface area (Å²) in [4.78, 5) is 13.5. The summed E-state index contributed by atoms with van der Waals surface area (Å²) >= 11 is 0. The van der Waals surface area contributed by atoms with Crippen LogP contribution >= 0.6 is 0 Å². The molecule has 2 fully saturated rings. The fourth-order valence-corrected chi connectivity index (χ4v) is 5.28. The quantitative estimate of drug-likeness (QED) is 0.504. The Bertz CT molecular complexity index is 806. The number of rotatable bonds is 8. The molecular weight excluding hydrogens is 380 g/mol. The zero-order chi connectivity index (χ0) is 20.3. The Labute approximate surface area is 166 Å². The molecule has 2 N–H and O–H groups in total. The SMILES string of the molecule is CC(C)CNS(=O)(=O)c1ccc([N+](=O)[O-])c(NC2CCN(C3CCCC3)C2)c1. The number of hydrogen-bond acceptors (Lipinski definition) is 6. The first-order valence-electron chi connectivity index (χ1n) is 10.0. The van der Waals surface area contributed by atoms with Crippen molar-refractivity contribution < 1.29 is 13.3 Å². The van der Waals surface area contributed by atoms with Crippen LogP contribution in [0, 0.1) is 16.0 Å². The minimum absolute atomic E-state index is 0.0481. The minimum Gasteiger partial charge on any atom is -0.375 e. The van der Waals surface area contributed by atoms with Crippen molar-refractivity contribution in [1.29, 1.82) is 0 Å². The van der Waals surface area contributed by atoms with Crippen LogP contribution in [0.5, 0.6) is 0 Å². The Morgan fingerprint density at radius 2 is 1.96 bits per heavy atom. The lowest BCUT2D eigenvalue weighted by atomic mass is 10.2. The number of hydrogen-bond donors (Lipinski definition) is 2. The second-order valence-electron chi connectivity index (χ2n) is 8.24. The summed E-state index contributed by atoms with van der Waals surface area (Å²) in [6.45, 7) is 5.97. The van der Waals surface area contributed by atoms with Gasteiger partial charge < -0.3 is 5.32 Å². The van der Waals surface area contributed by atoms with Gasteiger partial charge in [0.25, 0.3) is 5.69 Å². The van der Waals surface area contributed by atoms with E-state index in [0.717, 1.165) is 19.5 Å². The zero-order valence-corrected chi connectivity index (χ0v) is 17.4. The number of nitrogens with zero attached hydrogens (tertiary/aromatic N) is 2. The van der Waals surface area contributed by atoms with E-state index < -0.39 is 14.9 Å². The third kappa shape index (κ3) is 5.01. The fraction of sp³-hybridized carbons (Fsp3) is 0.684. The first-order valence-corrected chi connectivity index (χ1v) is 11.5. The monoisotopic (exact) mass is 410 g/mol. The van der Waals surface area contributed by atoms with Gasteiger partial charge in [0, 0.05) is 37.8 Å². The van der Waals surface area contributed by atoms with Gasteiger partial charge in [0.05, 0.1) is 9.82 Å². The first-order chi connectivity index (χ1) is 13.3. The maximum absolute atomic E-state index is 12.5. The van der Waals surface area contributed by atoms with Crippen LogP contribution < -0.4 is 10.0 Å². The third-order valence-corrected chi connectivity index (χ3v) is 7.00. The van der Waals surface area contributed by atoms with Crippen molar-refractivity contribution in [3.8, 4) is 0 Å². The van der Waals surface area contributed by atoms with Gasteiger partial charge in [-0.3, -0.25) is 15.0 Å². The van der Waals surface area contributed by atoms with Gasteiger partial charge in [-0.2, -0.15) is 0 Å². The molecule has 0 aromatic heterocycles. The molecule has 1 aromatic rings. The van der Waals surface area contributed by atoms with Gasteiger partial charge >= 0.3 is 0 Å². The van der Waals surface area contributed by atoms with Crippen LogP contribution in [0.25, 0.3) is 0 Å². The van der Waals surface area contributed by atoms with E-state index in [4.69, 9.17) is 0 Å². The summed E-state index contributed by atoms with van der Waals surface area (Å²) in [6.07, 6.45) is 5.89. The number of likely N-dealkylation sites (tertiary alicyclic amines) is 1. The average Bonchev–Trinajstić information content (AvgIpc) is 3.31. The van der Waals surface area contributed by atoms with E-state index >= 15 is 0 Å². The van der Waals surface area contributed by atoms with Gasteiger partial charge in [0.15, 0.2) is 0 Å². The summed E-state index contributed by atoms with van der Waals surface area (Å²) < 4.78 is 27.6.